The molecule has 0 bridgehead atoms. The van der Waals surface area contributed by atoms with E-state index in [4.69, 9.17) is 17.0 Å². The Morgan fingerprint density at radius 3 is 2.52 bits per heavy atom. The normalized spacial score (nSPS) is 15.2. The summed E-state index contributed by atoms with van der Waals surface area (Å²) in [5, 5.41) is 19.9. The molecule has 1 aromatic carbocycles. The molecule has 0 unspecified atom stereocenters. The van der Waals surface area contributed by atoms with E-state index in [0.717, 1.165) is 16.3 Å². The van der Waals surface area contributed by atoms with Crippen molar-refractivity contribution in [3.05, 3.63) is 50.6 Å². The highest BCUT2D eigenvalue weighted by molar-refractivity contribution is 7.13. The molecule has 1 aliphatic heterocycles. The monoisotopic (exact) mass is 319 g/mol. The van der Waals surface area contributed by atoms with Gasteiger partial charge in [0.2, 0.25) is 0 Å². The molecule has 0 saturated heterocycles. The minimum atomic E-state index is 0.184. The Bertz CT molecular complexity index is 729. The largest absolute Gasteiger partial charge is 0.510 e. The van der Waals surface area contributed by atoms with Crippen LogP contribution in [0.2, 0.25) is 5.02 Å². The highest BCUT2D eigenvalue weighted by atomic mass is 35.5. The molecule has 1 aliphatic rings. The number of aliphatic hydroxyl groups excluding tert-OH is 1. The summed E-state index contributed by atoms with van der Waals surface area (Å²) in [6.07, 6.45) is 0. The van der Waals surface area contributed by atoms with Gasteiger partial charge in [0.15, 0.2) is 0 Å². The maximum Gasteiger partial charge on any atom is 0.139 e. The van der Waals surface area contributed by atoms with Gasteiger partial charge in [-0.1, -0.05) is 11.6 Å². The molecular weight excluding hydrogens is 306 g/mol. The highest BCUT2D eigenvalue weighted by Crippen LogP contribution is 2.34. The summed E-state index contributed by atoms with van der Waals surface area (Å²) in [6, 6.07) is 7.23. The van der Waals surface area contributed by atoms with Gasteiger partial charge < -0.3 is 10.0 Å². The number of nitrogens with one attached hydrogen (secondary N) is 1. The Morgan fingerprint density at radius 1 is 1.29 bits per heavy atom. The Hall–Kier alpha value is -1.85. The topological polar surface area (TPSA) is 60.2 Å². The van der Waals surface area contributed by atoms with Gasteiger partial charge in [-0.25, -0.2) is 4.98 Å². The zero-order valence-corrected chi connectivity index (χ0v) is 13.2. The van der Waals surface area contributed by atoms with Gasteiger partial charge >= 0.3 is 0 Å². The molecule has 1 aromatic heterocycles. The molecule has 0 amide bonds. The summed E-state index contributed by atoms with van der Waals surface area (Å²) in [5.74, 6) is 0.451. The summed E-state index contributed by atoms with van der Waals surface area (Å²) in [5.41, 5.74) is 2.29. The van der Waals surface area contributed by atoms with Crippen LogP contribution in [0.1, 0.15) is 15.6 Å². The fourth-order valence-corrected chi connectivity index (χ4v) is 3.33. The van der Waals surface area contributed by atoms with E-state index in [1.54, 1.807) is 17.0 Å². The number of anilines is 1. The zero-order chi connectivity index (χ0) is 15.1. The lowest BCUT2D eigenvalue weighted by Crippen LogP contribution is -2.25. The van der Waals surface area contributed by atoms with Crippen LogP contribution in [0.4, 0.5) is 5.69 Å². The third-order valence-electron chi connectivity index (χ3n) is 3.48. The average Bonchev–Trinajstić information content (AvgIpc) is 2.91. The first-order valence-electron chi connectivity index (χ1n) is 6.46. The summed E-state index contributed by atoms with van der Waals surface area (Å²) in [7, 11) is 0. The van der Waals surface area contributed by atoms with Crippen molar-refractivity contribution >= 4 is 40.0 Å². The minimum absolute atomic E-state index is 0.184. The van der Waals surface area contributed by atoms with E-state index < -0.39 is 0 Å². The van der Waals surface area contributed by atoms with Crippen molar-refractivity contribution in [2.75, 3.05) is 11.4 Å². The van der Waals surface area contributed by atoms with E-state index in [9.17, 15) is 5.11 Å². The number of aromatic nitrogens is 1. The first-order valence-corrected chi connectivity index (χ1v) is 7.65. The van der Waals surface area contributed by atoms with Crippen LogP contribution in [0.15, 0.2) is 30.0 Å². The van der Waals surface area contributed by atoms with E-state index in [2.05, 4.69) is 4.98 Å². The molecule has 4 nitrogen and oxygen atoms in total. The van der Waals surface area contributed by atoms with Crippen molar-refractivity contribution in [2.45, 2.75) is 13.8 Å². The van der Waals surface area contributed by atoms with E-state index in [1.165, 1.54) is 11.3 Å². The SMILES string of the molecule is Cc1nc(C2=C(O)CN(c3ccc(Cl)cc3)C2=N)sc1C. The summed E-state index contributed by atoms with van der Waals surface area (Å²) in [6.45, 7) is 4.21. The van der Waals surface area contributed by atoms with Crippen LogP contribution in [0.3, 0.4) is 0 Å². The fourth-order valence-electron chi connectivity index (χ4n) is 2.23. The maximum absolute atomic E-state index is 10.2. The lowest BCUT2D eigenvalue weighted by atomic mass is 10.2. The molecule has 0 saturated carbocycles. The van der Waals surface area contributed by atoms with Gasteiger partial charge in [-0.2, -0.15) is 0 Å². The van der Waals surface area contributed by atoms with Crippen LogP contribution < -0.4 is 4.90 Å². The molecule has 2 aromatic rings. The number of hydrogen-bond donors (Lipinski definition) is 2. The second-order valence-corrected chi connectivity index (χ2v) is 6.53. The van der Waals surface area contributed by atoms with Gasteiger partial charge in [0.25, 0.3) is 0 Å². The molecule has 108 valence electrons. The number of hydrogen-bond acceptors (Lipinski definition) is 4. The molecule has 0 fully saturated rings. The summed E-state index contributed by atoms with van der Waals surface area (Å²) >= 11 is 7.39. The van der Waals surface area contributed by atoms with Crippen molar-refractivity contribution < 1.29 is 5.11 Å². The van der Waals surface area contributed by atoms with Gasteiger partial charge in [0, 0.05) is 15.6 Å². The van der Waals surface area contributed by atoms with Crippen LogP contribution in [-0.4, -0.2) is 22.5 Å². The quantitative estimate of drug-likeness (QED) is 0.873. The van der Waals surface area contributed by atoms with E-state index in [0.29, 0.717) is 15.6 Å². The van der Waals surface area contributed by atoms with E-state index in [-0.39, 0.29) is 18.1 Å². The minimum Gasteiger partial charge on any atom is -0.510 e. The number of rotatable bonds is 2. The lowest BCUT2D eigenvalue weighted by Gasteiger charge is -2.18. The third-order valence-corrected chi connectivity index (χ3v) is 4.83. The van der Waals surface area contributed by atoms with Crippen LogP contribution in [0, 0.1) is 19.3 Å². The molecule has 2 heterocycles. The molecule has 3 rings (SSSR count). The Kier molecular flexibility index (Phi) is 3.47. The standard InChI is InChI=1S/C15H14ClN3OS/c1-8-9(2)21-15(18-8)13-12(20)7-19(14(13)17)11-5-3-10(16)4-6-11/h3-6,17,20H,7H2,1-2H3. The number of aryl methyl sites for hydroxylation is 2. The zero-order valence-electron chi connectivity index (χ0n) is 11.6. The molecule has 0 radical (unpaired) electrons. The summed E-state index contributed by atoms with van der Waals surface area (Å²) in [4.78, 5) is 7.29. The Balaban J connectivity index is 1.95. The van der Waals surface area contributed by atoms with Gasteiger partial charge in [-0.15, -0.1) is 11.3 Å². The van der Waals surface area contributed by atoms with Crippen molar-refractivity contribution in [3.8, 4) is 0 Å². The van der Waals surface area contributed by atoms with Crippen molar-refractivity contribution in [3.63, 3.8) is 0 Å². The number of aliphatic hydroxyl groups is 1. The molecule has 0 spiro atoms. The Labute approximate surface area is 131 Å². The first kappa shape index (κ1) is 14.1. The smallest absolute Gasteiger partial charge is 0.139 e. The maximum atomic E-state index is 10.2. The molecule has 0 aliphatic carbocycles. The molecular formula is C15H14ClN3OS. The van der Waals surface area contributed by atoms with Gasteiger partial charge in [0.1, 0.15) is 16.6 Å². The van der Waals surface area contributed by atoms with Crippen LogP contribution in [0.25, 0.3) is 5.57 Å². The second kappa shape index (κ2) is 5.16. The predicted molar refractivity (Wildman–Crippen MR) is 87.7 cm³/mol. The summed E-state index contributed by atoms with van der Waals surface area (Å²) < 4.78 is 0. The van der Waals surface area contributed by atoms with Crippen molar-refractivity contribution in [2.24, 2.45) is 0 Å². The number of halogens is 1. The number of nitrogens with zero attached hydrogens (tertiary/aromatic N) is 2. The second-order valence-electron chi connectivity index (χ2n) is 4.89. The van der Waals surface area contributed by atoms with Gasteiger partial charge in [-0.05, 0) is 38.1 Å². The van der Waals surface area contributed by atoms with Crippen LogP contribution in [0.5, 0.6) is 0 Å². The molecule has 21 heavy (non-hydrogen) atoms. The fraction of sp³-hybridized carbons (Fsp3) is 0.200. The highest BCUT2D eigenvalue weighted by Gasteiger charge is 2.31. The number of benzene rings is 1. The van der Waals surface area contributed by atoms with Crippen molar-refractivity contribution in [1.29, 1.82) is 5.41 Å². The van der Waals surface area contributed by atoms with E-state index >= 15 is 0 Å². The van der Waals surface area contributed by atoms with Crippen molar-refractivity contribution in [1.82, 2.24) is 4.98 Å². The van der Waals surface area contributed by atoms with Gasteiger partial charge in [0.05, 0.1) is 17.8 Å². The molecule has 0 atom stereocenters. The van der Waals surface area contributed by atoms with E-state index in [1.807, 2.05) is 26.0 Å². The van der Waals surface area contributed by atoms with Crippen LogP contribution >= 0.6 is 22.9 Å². The number of amidine groups is 1. The average molecular weight is 320 g/mol. The third kappa shape index (κ3) is 2.43. The predicted octanol–water partition coefficient (Wildman–Crippen LogP) is 4.18. The lowest BCUT2D eigenvalue weighted by molar-refractivity contribution is 0.411. The molecule has 6 heteroatoms. The number of thiazole rings is 1. The molecule has 2 N–H and O–H groups in total. The first-order chi connectivity index (χ1) is 9.97. The van der Waals surface area contributed by atoms with Crippen LogP contribution in [-0.2, 0) is 0 Å². The van der Waals surface area contributed by atoms with Gasteiger partial charge in [-0.3, -0.25) is 5.41 Å². The Morgan fingerprint density at radius 2 is 1.95 bits per heavy atom.